The Morgan fingerprint density at radius 3 is 2.41 bits per heavy atom. The van der Waals surface area contributed by atoms with Crippen LogP contribution in [0.3, 0.4) is 0 Å². The second kappa shape index (κ2) is 13.2. The zero-order valence-electron chi connectivity index (χ0n) is 23.1. The summed E-state index contributed by atoms with van der Waals surface area (Å²) in [4.78, 5) is 13.2. The zero-order valence-corrected chi connectivity index (χ0v) is 23.1. The average molecular weight is 545 g/mol. The molecule has 0 bridgehead atoms. The number of nitrogens with one attached hydrogen (secondary N) is 3. The zero-order chi connectivity index (χ0) is 28.4. The highest BCUT2D eigenvalue weighted by molar-refractivity contribution is 6.01. The number of urea groups is 1. The highest BCUT2D eigenvalue weighted by atomic mass is 16.5. The number of aromatic nitrogens is 4. The van der Waals surface area contributed by atoms with Crippen LogP contribution in [0.1, 0.15) is 30.0 Å². The van der Waals surface area contributed by atoms with Crippen LogP contribution in [0, 0.1) is 6.92 Å². The number of hydrogen-bond acceptors (Lipinski definition) is 5. The second-order valence-electron chi connectivity index (χ2n) is 9.60. The van der Waals surface area contributed by atoms with Gasteiger partial charge in [-0.2, -0.15) is 5.21 Å². The number of benzene rings is 4. The molecule has 0 aliphatic rings. The van der Waals surface area contributed by atoms with E-state index in [1.54, 1.807) is 0 Å². The lowest BCUT2D eigenvalue weighted by Gasteiger charge is -2.19. The standard InChI is InChI=1S/C33H32N6O2/c1-3-20-41-31-25(13-9-12-24-10-5-4-6-11-24)21-26(28-14-7-8-15-29(28)32-36-38-39-37-32)22-30(31)35-33(40)34-27-18-16-23(2)17-19-27/h4-12,14-19,21-22H,3,13,20H2,1-2H3,(H2,34,35,40)(H,36,37,38,39)/b12-9+. The Kier molecular flexibility index (Phi) is 8.81. The number of carbonyl (C=O) groups is 1. The largest absolute Gasteiger partial charge is 0.491 e. The number of carbonyl (C=O) groups excluding carboxylic acids is 1. The first kappa shape index (κ1) is 27.3. The van der Waals surface area contributed by atoms with Crippen molar-refractivity contribution in [2.75, 3.05) is 17.2 Å². The predicted octanol–water partition coefficient (Wildman–Crippen LogP) is 7.53. The Balaban J connectivity index is 1.56. The van der Waals surface area contributed by atoms with Crippen molar-refractivity contribution in [3.8, 4) is 28.3 Å². The van der Waals surface area contributed by atoms with Gasteiger partial charge in [-0.1, -0.05) is 91.4 Å². The van der Waals surface area contributed by atoms with Crippen LogP contribution in [0.4, 0.5) is 16.2 Å². The number of H-pyrrole nitrogens is 1. The van der Waals surface area contributed by atoms with E-state index in [0.717, 1.165) is 39.8 Å². The lowest BCUT2D eigenvalue weighted by Crippen LogP contribution is -2.20. The maximum Gasteiger partial charge on any atom is 0.323 e. The monoisotopic (exact) mass is 544 g/mol. The summed E-state index contributed by atoms with van der Waals surface area (Å²) in [6.45, 7) is 4.58. The van der Waals surface area contributed by atoms with E-state index in [2.05, 4.69) is 68.5 Å². The van der Waals surface area contributed by atoms with Gasteiger partial charge in [0.1, 0.15) is 5.75 Å². The quantitative estimate of drug-likeness (QED) is 0.169. The first-order valence-electron chi connectivity index (χ1n) is 13.6. The van der Waals surface area contributed by atoms with Crippen molar-refractivity contribution >= 4 is 23.5 Å². The summed E-state index contributed by atoms with van der Waals surface area (Å²) >= 11 is 0. The van der Waals surface area contributed by atoms with Crippen molar-refractivity contribution in [3.05, 3.63) is 114 Å². The number of aryl methyl sites for hydroxylation is 1. The van der Waals surface area contributed by atoms with E-state index in [1.165, 1.54) is 0 Å². The van der Waals surface area contributed by atoms with Gasteiger partial charge in [-0.15, -0.1) is 10.2 Å². The van der Waals surface area contributed by atoms with Crippen LogP contribution < -0.4 is 15.4 Å². The molecule has 3 N–H and O–H groups in total. The summed E-state index contributed by atoms with van der Waals surface area (Å²) in [5.41, 5.74) is 7.07. The maximum atomic E-state index is 13.2. The van der Waals surface area contributed by atoms with Crippen LogP contribution >= 0.6 is 0 Å². The predicted molar refractivity (Wildman–Crippen MR) is 164 cm³/mol. The van der Waals surface area contributed by atoms with Gasteiger partial charge >= 0.3 is 6.03 Å². The van der Waals surface area contributed by atoms with Crippen molar-refractivity contribution in [2.24, 2.45) is 0 Å². The molecule has 0 spiro atoms. The van der Waals surface area contributed by atoms with Crippen molar-refractivity contribution in [3.63, 3.8) is 0 Å². The molecule has 0 saturated heterocycles. The van der Waals surface area contributed by atoms with E-state index < -0.39 is 0 Å². The van der Waals surface area contributed by atoms with E-state index in [4.69, 9.17) is 4.74 Å². The highest BCUT2D eigenvalue weighted by Crippen LogP contribution is 2.38. The molecular formula is C33H32N6O2. The van der Waals surface area contributed by atoms with Gasteiger partial charge in [-0.25, -0.2) is 4.79 Å². The van der Waals surface area contributed by atoms with Gasteiger partial charge in [-0.05, 0) is 65.9 Å². The molecule has 0 aliphatic carbocycles. The van der Waals surface area contributed by atoms with Crippen molar-refractivity contribution in [2.45, 2.75) is 26.7 Å². The van der Waals surface area contributed by atoms with Crippen molar-refractivity contribution in [1.29, 1.82) is 0 Å². The van der Waals surface area contributed by atoms with Gasteiger partial charge in [0.25, 0.3) is 0 Å². The molecule has 5 aromatic rings. The number of ether oxygens (including phenoxy) is 1. The topological polar surface area (TPSA) is 105 Å². The van der Waals surface area contributed by atoms with Crippen molar-refractivity contribution in [1.82, 2.24) is 20.6 Å². The summed E-state index contributed by atoms with van der Waals surface area (Å²) in [7, 11) is 0. The van der Waals surface area contributed by atoms with E-state index >= 15 is 0 Å². The molecule has 0 unspecified atom stereocenters. The maximum absolute atomic E-state index is 13.2. The average Bonchev–Trinajstić information content (AvgIpc) is 3.53. The van der Waals surface area contributed by atoms with Gasteiger partial charge in [-0.3, -0.25) is 0 Å². The van der Waals surface area contributed by atoms with Gasteiger partial charge in [0, 0.05) is 16.8 Å². The van der Waals surface area contributed by atoms with E-state index in [1.807, 2.05) is 79.7 Å². The van der Waals surface area contributed by atoms with Crippen molar-refractivity contribution < 1.29 is 9.53 Å². The third kappa shape index (κ3) is 7.05. The molecule has 4 aromatic carbocycles. The molecule has 0 saturated carbocycles. The number of anilines is 2. The molecule has 0 radical (unpaired) electrons. The Labute approximate surface area is 239 Å². The molecule has 0 fully saturated rings. The van der Waals surface area contributed by atoms with Crippen LogP contribution in [-0.2, 0) is 6.42 Å². The number of nitrogens with zero attached hydrogens (tertiary/aromatic N) is 3. The lowest BCUT2D eigenvalue weighted by molar-refractivity contribution is 0.261. The Morgan fingerprint density at radius 1 is 0.927 bits per heavy atom. The molecule has 0 aliphatic heterocycles. The minimum absolute atomic E-state index is 0.357. The van der Waals surface area contributed by atoms with Gasteiger partial charge in [0.2, 0.25) is 5.82 Å². The number of hydrogen-bond donors (Lipinski definition) is 3. The smallest absolute Gasteiger partial charge is 0.323 e. The SMILES string of the molecule is CCCOc1c(C/C=C/c2ccccc2)cc(-c2ccccc2-c2nn[nH]n2)cc1NC(=O)Nc1ccc(C)cc1. The minimum atomic E-state index is -0.357. The number of rotatable bonds is 10. The fourth-order valence-electron chi connectivity index (χ4n) is 4.48. The lowest BCUT2D eigenvalue weighted by atomic mass is 9.95. The summed E-state index contributed by atoms with van der Waals surface area (Å²) in [6.07, 6.45) is 5.62. The van der Waals surface area contributed by atoms with E-state index in [-0.39, 0.29) is 6.03 Å². The summed E-state index contributed by atoms with van der Waals surface area (Å²) < 4.78 is 6.26. The second-order valence-corrected chi connectivity index (χ2v) is 9.60. The Morgan fingerprint density at radius 2 is 1.68 bits per heavy atom. The Hall–Kier alpha value is -5.24. The first-order chi connectivity index (χ1) is 20.1. The van der Waals surface area contributed by atoms with Crippen LogP contribution in [0.2, 0.25) is 0 Å². The summed E-state index contributed by atoms with van der Waals surface area (Å²) in [5, 5.41) is 20.6. The van der Waals surface area contributed by atoms with Crippen LogP contribution in [0.25, 0.3) is 28.6 Å². The van der Waals surface area contributed by atoms with Gasteiger partial charge in [0.15, 0.2) is 0 Å². The highest BCUT2D eigenvalue weighted by Gasteiger charge is 2.18. The van der Waals surface area contributed by atoms with Crippen LogP contribution in [0.5, 0.6) is 5.75 Å². The van der Waals surface area contributed by atoms with E-state index in [9.17, 15) is 4.79 Å². The summed E-state index contributed by atoms with van der Waals surface area (Å²) in [5.74, 6) is 1.13. The number of aromatic amines is 1. The molecule has 8 heteroatoms. The van der Waals surface area contributed by atoms with E-state index in [0.29, 0.717) is 36.0 Å². The summed E-state index contributed by atoms with van der Waals surface area (Å²) in [6, 6.07) is 29.3. The fourth-order valence-corrected chi connectivity index (χ4v) is 4.48. The van der Waals surface area contributed by atoms with Crippen LogP contribution in [0.15, 0.2) is 97.1 Å². The molecule has 8 nitrogen and oxygen atoms in total. The molecule has 0 atom stereocenters. The molecule has 206 valence electrons. The molecule has 5 rings (SSSR count). The molecule has 2 amide bonds. The third-order valence-electron chi connectivity index (χ3n) is 6.45. The number of tetrazole rings is 1. The fraction of sp³-hybridized carbons (Fsp3) is 0.152. The molecule has 1 aromatic heterocycles. The Bertz CT molecular complexity index is 1610. The molecular weight excluding hydrogens is 512 g/mol. The number of amides is 2. The molecule has 41 heavy (non-hydrogen) atoms. The minimum Gasteiger partial charge on any atom is -0.491 e. The van der Waals surface area contributed by atoms with Gasteiger partial charge in [0.05, 0.1) is 12.3 Å². The van der Waals surface area contributed by atoms with Crippen LogP contribution in [-0.4, -0.2) is 33.3 Å². The number of allylic oxidation sites excluding steroid dienone is 1. The van der Waals surface area contributed by atoms with Gasteiger partial charge < -0.3 is 15.4 Å². The third-order valence-corrected chi connectivity index (χ3v) is 6.45. The first-order valence-corrected chi connectivity index (χ1v) is 13.6. The normalized spacial score (nSPS) is 11.0. The molecule has 1 heterocycles.